The Morgan fingerprint density at radius 2 is 2.07 bits per heavy atom. The Bertz CT molecular complexity index is 355. The first-order chi connectivity index (χ1) is 7.33. The molecule has 0 fully saturated rings. The van der Waals surface area contributed by atoms with Gasteiger partial charge in [-0.1, -0.05) is 30.3 Å². The van der Waals surface area contributed by atoms with Gasteiger partial charge in [-0.2, -0.15) is 0 Å². The molecule has 0 saturated carbocycles. The summed E-state index contributed by atoms with van der Waals surface area (Å²) in [7, 11) is 0. The zero-order valence-electron chi connectivity index (χ0n) is 8.18. The van der Waals surface area contributed by atoms with Gasteiger partial charge in [0.15, 0.2) is 0 Å². The van der Waals surface area contributed by atoms with Crippen LogP contribution in [-0.2, 0) is 20.9 Å². The van der Waals surface area contributed by atoms with Crippen LogP contribution in [0.4, 0.5) is 0 Å². The van der Waals surface area contributed by atoms with Crippen molar-refractivity contribution in [2.24, 2.45) is 4.99 Å². The van der Waals surface area contributed by atoms with Crippen LogP contribution < -0.4 is 0 Å². The van der Waals surface area contributed by atoms with E-state index in [9.17, 15) is 9.59 Å². The van der Waals surface area contributed by atoms with Gasteiger partial charge < -0.3 is 4.74 Å². The minimum absolute atomic E-state index is 0.113. The molecule has 1 aromatic carbocycles. The first kappa shape index (κ1) is 11.1. The Kier molecular flexibility index (Phi) is 4.84. The third-order valence-electron chi connectivity index (χ3n) is 1.73. The maximum absolute atomic E-state index is 11.1. The molecule has 0 bridgehead atoms. The first-order valence-electron chi connectivity index (χ1n) is 4.56. The van der Waals surface area contributed by atoms with Crippen LogP contribution in [0, 0.1) is 0 Å². The zero-order chi connectivity index (χ0) is 10.9. The smallest absolute Gasteiger partial charge is 0.308 e. The lowest BCUT2D eigenvalue weighted by molar-refractivity contribution is -0.144. The molecule has 4 nitrogen and oxygen atoms in total. The Morgan fingerprint density at radius 3 is 2.73 bits per heavy atom. The highest BCUT2D eigenvalue weighted by atomic mass is 16.5. The topological polar surface area (TPSA) is 55.7 Å². The molecule has 0 atom stereocenters. The summed E-state index contributed by atoms with van der Waals surface area (Å²) in [6.45, 7) is 0.390. The molecule has 0 aliphatic carbocycles. The third kappa shape index (κ3) is 4.74. The van der Waals surface area contributed by atoms with Crippen molar-refractivity contribution in [3.05, 3.63) is 35.9 Å². The van der Waals surface area contributed by atoms with Gasteiger partial charge in [0.1, 0.15) is 6.61 Å². The van der Waals surface area contributed by atoms with E-state index in [0.29, 0.717) is 0 Å². The monoisotopic (exact) mass is 205 g/mol. The molecule has 0 spiro atoms. The van der Waals surface area contributed by atoms with Crippen LogP contribution in [0.5, 0.6) is 0 Å². The first-order valence-corrected chi connectivity index (χ1v) is 4.56. The molecule has 0 aliphatic rings. The molecule has 0 heterocycles. The van der Waals surface area contributed by atoms with Crippen LogP contribution in [0.25, 0.3) is 0 Å². The maximum Gasteiger partial charge on any atom is 0.308 e. The lowest BCUT2D eigenvalue weighted by atomic mass is 10.2. The van der Waals surface area contributed by atoms with Gasteiger partial charge in [0.05, 0.1) is 13.0 Å². The number of carbonyl (C=O) groups excluding carboxylic acids is 2. The molecular weight excluding hydrogens is 194 g/mol. The van der Waals surface area contributed by atoms with Crippen molar-refractivity contribution in [3.63, 3.8) is 0 Å². The Hall–Kier alpha value is -1.93. The number of isocyanates is 1. The van der Waals surface area contributed by atoms with Gasteiger partial charge in [0.2, 0.25) is 6.08 Å². The Balaban J connectivity index is 2.25. The van der Waals surface area contributed by atoms with Crippen molar-refractivity contribution >= 4 is 12.0 Å². The normalized spacial score (nSPS) is 9.07. The summed E-state index contributed by atoms with van der Waals surface area (Å²) in [5.74, 6) is -0.363. The molecule has 0 saturated heterocycles. The Labute approximate surface area is 87.6 Å². The summed E-state index contributed by atoms with van der Waals surface area (Å²) in [6, 6.07) is 9.39. The summed E-state index contributed by atoms with van der Waals surface area (Å²) in [5.41, 5.74) is 0.935. The number of ether oxygens (including phenoxy) is 1. The van der Waals surface area contributed by atoms with Crippen LogP contribution >= 0.6 is 0 Å². The largest absolute Gasteiger partial charge is 0.461 e. The lowest BCUT2D eigenvalue weighted by Crippen LogP contribution is -2.05. The summed E-state index contributed by atoms with van der Waals surface area (Å²) in [4.78, 5) is 24.1. The fraction of sp³-hybridized carbons (Fsp3) is 0.273. The number of nitrogens with zero attached hydrogens (tertiary/aromatic N) is 1. The van der Waals surface area contributed by atoms with Crippen LogP contribution in [0.15, 0.2) is 35.3 Å². The number of aliphatic imine (C=N–C) groups is 1. The second kappa shape index (κ2) is 6.51. The molecule has 1 aromatic rings. The maximum atomic E-state index is 11.1. The standard InChI is InChI=1S/C11H11NO3/c13-9-12-7-6-11(14)15-8-10-4-2-1-3-5-10/h1-5H,6-8H2. The number of esters is 1. The van der Waals surface area contributed by atoms with Gasteiger partial charge in [-0.3, -0.25) is 4.79 Å². The summed E-state index contributed by atoms with van der Waals surface area (Å²) >= 11 is 0. The van der Waals surface area contributed by atoms with E-state index in [0.717, 1.165) is 5.56 Å². The molecule has 0 amide bonds. The van der Waals surface area contributed by atoms with Crippen molar-refractivity contribution in [2.75, 3.05) is 6.54 Å². The predicted molar refractivity (Wildman–Crippen MR) is 53.8 cm³/mol. The second-order valence-electron chi connectivity index (χ2n) is 2.87. The average Bonchev–Trinajstić information content (AvgIpc) is 2.28. The van der Waals surface area contributed by atoms with Crippen LogP contribution in [-0.4, -0.2) is 18.6 Å². The number of benzene rings is 1. The Morgan fingerprint density at radius 1 is 1.33 bits per heavy atom. The number of carbonyl (C=O) groups is 1. The second-order valence-corrected chi connectivity index (χ2v) is 2.87. The van der Waals surface area contributed by atoms with E-state index in [1.165, 1.54) is 6.08 Å². The highest BCUT2D eigenvalue weighted by Gasteiger charge is 2.01. The van der Waals surface area contributed by atoms with Crippen molar-refractivity contribution in [1.29, 1.82) is 0 Å². The van der Waals surface area contributed by atoms with Crippen LogP contribution in [0.3, 0.4) is 0 Å². The fourth-order valence-electron chi connectivity index (χ4n) is 1.00. The quantitative estimate of drug-likeness (QED) is 0.415. The number of hydrogen-bond donors (Lipinski definition) is 0. The minimum Gasteiger partial charge on any atom is -0.461 e. The van der Waals surface area contributed by atoms with E-state index in [4.69, 9.17) is 4.74 Å². The van der Waals surface area contributed by atoms with Crippen molar-refractivity contribution in [3.8, 4) is 0 Å². The van der Waals surface area contributed by atoms with E-state index in [-0.39, 0.29) is 25.5 Å². The van der Waals surface area contributed by atoms with Crippen LogP contribution in [0.2, 0.25) is 0 Å². The van der Waals surface area contributed by atoms with Gasteiger partial charge in [0.25, 0.3) is 0 Å². The van der Waals surface area contributed by atoms with E-state index in [2.05, 4.69) is 4.99 Å². The molecular formula is C11H11NO3. The highest BCUT2D eigenvalue weighted by Crippen LogP contribution is 2.01. The number of rotatable bonds is 5. The molecule has 0 N–H and O–H groups in total. The van der Waals surface area contributed by atoms with E-state index < -0.39 is 0 Å². The van der Waals surface area contributed by atoms with Crippen molar-refractivity contribution < 1.29 is 14.3 Å². The molecule has 1 rings (SSSR count). The van der Waals surface area contributed by atoms with Gasteiger partial charge in [-0.15, -0.1) is 0 Å². The van der Waals surface area contributed by atoms with Crippen molar-refractivity contribution in [2.45, 2.75) is 13.0 Å². The average molecular weight is 205 g/mol. The molecule has 0 unspecified atom stereocenters. The molecule has 4 heteroatoms. The SMILES string of the molecule is O=C=NCCC(=O)OCc1ccccc1. The van der Waals surface area contributed by atoms with E-state index in [1.54, 1.807) is 0 Å². The highest BCUT2D eigenvalue weighted by molar-refractivity contribution is 5.69. The zero-order valence-corrected chi connectivity index (χ0v) is 8.18. The van der Waals surface area contributed by atoms with Gasteiger partial charge in [-0.25, -0.2) is 9.79 Å². The summed E-state index contributed by atoms with van der Waals surface area (Å²) in [5, 5.41) is 0. The number of hydrogen-bond acceptors (Lipinski definition) is 4. The predicted octanol–water partition coefficient (Wildman–Crippen LogP) is 1.46. The molecule has 15 heavy (non-hydrogen) atoms. The molecule has 78 valence electrons. The fourth-order valence-corrected chi connectivity index (χ4v) is 1.00. The van der Waals surface area contributed by atoms with E-state index >= 15 is 0 Å². The summed E-state index contributed by atoms with van der Waals surface area (Å²) in [6.07, 6.45) is 1.48. The minimum atomic E-state index is -0.363. The molecule has 0 aliphatic heterocycles. The molecule has 0 radical (unpaired) electrons. The van der Waals surface area contributed by atoms with E-state index in [1.807, 2.05) is 30.3 Å². The molecule has 0 aromatic heterocycles. The van der Waals surface area contributed by atoms with Crippen LogP contribution in [0.1, 0.15) is 12.0 Å². The van der Waals surface area contributed by atoms with Gasteiger partial charge >= 0.3 is 5.97 Å². The van der Waals surface area contributed by atoms with Gasteiger partial charge in [-0.05, 0) is 5.56 Å². The summed E-state index contributed by atoms with van der Waals surface area (Å²) < 4.78 is 4.95. The lowest BCUT2D eigenvalue weighted by Gasteiger charge is -2.02. The third-order valence-corrected chi connectivity index (χ3v) is 1.73. The van der Waals surface area contributed by atoms with Crippen molar-refractivity contribution in [1.82, 2.24) is 0 Å². The van der Waals surface area contributed by atoms with Gasteiger partial charge in [0, 0.05) is 0 Å².